The summed E-state index contributed by atoms with van der Waals surface area (Å²) in [5.41, 5.74) is -0.0249. The fourth-order valence-corrected chi connectivity index (χ4v) is 5.00. The van der Waals surface area contributed by atoms with Gasteiger partial charge in [0.05, 0.1) is 11.5 Å². The van der Waals surface area contributed by atoms with E-state index in [9.17, 15) is 5.26 Å². The Bertz CT molecular complexity index is 375. The van der Waals surface area contributed by atoms with Crippen molar-refractivity contribution >= 4 is 0 Å². The molecule has 23 heavy (non-hydrogen) atoms. The van der Waals surface area contributed by atoms with Gasteiger partial charge in [0.15, 0.2) is 0 Å². The van der Waals surface area contributed by atoms with Crippen LogP contribution in [0.4, 0.5) is 0 Å². The second-order valence-electron chi connectivity index (χ2n) is 8.42. The minimum absolute atomic E-state index is 0.0249. The summed E-state index contributed by atoms with van der Waals surface area (Å²) in [4.78, 5) is 0. The van der Waals surface area contributed by atoms with Gasteiger partial charge in [0, 0.05) is 0 Å². The molecular weight excluding hydrogens is 278 g/mol. The summed E-state index contributed by atoms with van der Waals surface area (Å²) in [7, 11) is 0. The molecule has 0 saturated heterocycles. The summed E-state index contributed by atoms with van der Waals surface area (Å²) < 4.78 is 0. The molecule has 0 atom stereocenters. The predicted molar refractivity (Wildman–Crippen MR) is 99.0 cm³/mol. The first kappa shape index (κ1) is 18.6. The molecule has 2 rings (SSSR count). The molecule has 0 aliphatic heterocycles. The predicted octanol–water partition coefficient (Wildman–Crippen LogP) is 7.04. The van der Waals surface area contributed by atoms with Crippen LogP contribution >= 0.6 is 0 Å². The quantitative estimate of drug-likeness (QED) is 0.441. The number of rotatable bonds is 8. The normalized spacial score (nSPS) is 34.7. The molecule has 2 aliphatic rings. The van der Waals surface area contributed by atoms with Gasteiger partial charge in [-0.1, -0.05) is 64.4 Å². The Balaban J connectivity index is 1.65. The fraction of sp³-hybridized carbons (Fsp3) is 0.864. The smallest absolute Gasteiger partial charge is 0.0689 e. The molecule has 0 aromatic carbocycles. The molecule has 0 amide bonds. The summed E-state index contributed by atoms with van der Waals surface area (Å²) >= 11 is 0. The van der Waals surface area contributed by atoms with Crippen molar-refractivity contribution in [2.24, 2.45) is 23.2 Å². The van der Waals surface area contributed by atoms with Gasteiger partial charge >= 0.3 is 0 Å². The van der Waals surface area contributed by atoms with Gasteiger partial charge in [0.1, 0.15) is 0 Å². The molecule has 0 aromatic rings. The number of nitriles is 1. The number of allylic oxidation sites excluding steroid dienone is 1. The standard InChI is InChI=1S/C22H37N/c1-3-5-15-22(18-23)16-13-21(14-17-22)12-11-20-9-7-19(6-4-2)8-10-20/h3,19-21H,1,4-17H2,2H3/t19-,20-,21-,22-. The highest BCUT2D eigenvalue weighted by Gasteiger charge is 2.34. The van der Waals surface area contributed by atoms with Crippen LogP contribution in [0.25, 0.3) is 0 Å². The van der Waals surface area contributed by atoms with Crippen LogP contribution in [0.3, 0.4) is 0 Å². The summed E-state index contributed by atoms with van der Waals surface area (Å²) in [6, 6.07) is 2.65. The van der Waals surface area contributed by atoms with Crippen molar-refractivity contribution in [3.8, 4) is 6.07 Å². The van der Waals surface area contributed by atoms with Gasteiger partial charge < -0.3 is 0 Å². The lowest BCUT2D eigenvalue weighted by Crippen LogP contribution is -2.26. The highest BCUT2D eigenvalue weighted by Crippen LogP contribution is 2.44. The zero-order valence-electron chi connectivity index (χ0n) is 15.4. The van der Waals surface area contributed by atoms with E-state index in [0.29, 0.717) is 0 Å². The van der Waals surface area contributed by atoms with E-state index >= 15 is 0 Å². The van der Waals surface area contributed by atoms with Crippen LogP contribution in [0.2, 0.25) is 0 Å². The first-order valence-corrected chi connectivity index (χ1v) is 10.2. The second-order valence-corrected chi connectivity index (χ2v) is 8.42. The molecule has 2 fully saturated rings. The molecular formula is C22H37N. The fourth-order valence-electron chi connectivity index (χ4n) is 5.00. The molecule has 0 bridgehead atoms. The maximum absolute atomic E-state index is 9.57. The average molecular weight is 316 g/mol. The maximum atomic E-state index is 9.57. The summed E-state index contributed by atoms with van der Waals surface area (Å²) in [6.45, 7) is 6.14. The van der Waals surface area contributed by atoms with Crippen LogP contribution in [0.5, 0.6) is 0 Å². The van der Waals surface area contributed by atoms with Gasteiger partial charge in [0.2, 0.25) is 0 Å². The van der Waals surface area contributed by atoms with Crippen molar-refractivity contribution in [3.05, 3.63) is 12.7 Å². The maximum Gasteiger partial charge on any atom is 0.0689 e. The SMILES string of the molecule is C=CCC[C@]1(C#N)CC[C@H](CC[C@H]2CC[C@H](CCC)CC2)CC1. The van der Waals surface area contributed by atoms with Gasteiger partial charge in [-0.25, -0.2) is 0 Å². The monoisotopic (exact) mass is 315 g/mol. The number of hydrogen-bond acceptors (Lipinski definition) is 1. The molecule has 0 aromatic heterocycles. The highest BCUT2D eigenvalue weighted by molar-refractivity contribution is 5.02. The number of nitrogens with zero attached hydrogens (tertiary/aromatic N) is 1. The zero-order valence-corrected chi connectivity index (χ0v) is 15.4. The average Bonchev–Trinajstić information content (AvgIpc) is 2.61. The van der Waals surface area contributed by atoms with Crippen LogP contribution in [0, 0.1) is 34.5 Å². The van der Waals surface area contributed by atoms with E-state index in [0.717, 1.165) is 43.4 Å². The zero-order chi connectivity index (χ0) is 16.5. The summed E-state index contributed by atoms with van der Waals surface area (Å²) in [5, 5.41) is 9.57. The van der Waals surface area contributed by atoms with Crippen LogP contribution in [0.15, 0.2) is 12.7 Å². The van der Waals surface area contributed by atoms with Crippen molar-refractivity contribution in [1.82, 2.24) is 0 Å². The lowest BCUT2D eigenvalue weighted by atomic mass is 9.67. The minimum Gasteiger partial charge on any atom is -0.198 e. The first-order valence-electron chi connectivity index (χ1n) is 10.2. The molecule has 1 nitrogen and oxygen atoms in total. The van der Waals surface area contributed by atoms with Crippen molar-refractivity contribution in [3.63, 3.8) is 0 Å². The van der Waals surface area contributed by atoms with Crippen molar-refractivity contribution in [2.45, 2.75) is 96.8 Å². The minimum atomic E-state index is -0.0249. The Kier molecular flexibility index (Phi) is 7.68. The van der Waals surface area contributed by atoms with Gasteiger partial charge in [0.25, 0.3) is 0 Å². The Morgan fingerprint density at radius 3 is 1.96 bits per heavy atom. The van der Waals surface area contributed by atoms with E-state index in [4.69, 9.17) is 0 Å². The topological polar surface area (TPSA) is 23.8 Å². The molecule has 0 spiro atoms. The molecule has 1 heteroatoms. The molecule has 0 heterocycles. The third-order valence-electron chi connectivity index (χ3n) is 6.77. The van der Waals surface area contributed by atoms with E-state index in [1.807, 2.05) is 6.08 Å². The highest BCUT2D eigenvalue weighted by atomic mass is 14.4. The molecule has 130 valence electrons. The van der Waals surface area contributed by atoms with Crippen molar-refractivity contribution in [1.29, 1.82) is 5.26 Å². The van der Waals surface area contributed by atoms with E-state index < -0.39 is 0 Å². The van der Waals surface area contributed by atoms with Crippen molar-refractivity contribution in [2.75, 3.05) is 0 Å². The van der Waals surface area contributed by atoms with Gasteiger partial charge in [-0.2, -0.15) is 5.26 Å². The molecule has 0 radical (unpaired) electrons. The largest absolute Gasteiger partial charge is 0.198 e. The Morgan fingerprint density at radius 1 is 0.957 bits per heavy atom. The van der Waals surface area contributed by atoms with Crippen LogP contribution in [0.1, 0.15) is 96.8 Å². The van der Waals surface area contributed by atoms with E-state index in [2.05, 4.69) is 19.6 Å². The molecule has 0 N–H and O–H groups in total. The van der Waals surface area contributed by atoms with Crippen LogP contribution in [-0.4, -0.2) is 0 Å². The Hall–Kier alpha value is -0.770. The summed E-state index contributed by atoms with van der Waals surface area (Å²) in [6.07, 6.45) is 20.5. The van der Waals surface area contributed by atoms with E-state index in [-0.39, 0.29) is 5.41 Å². The third kappa shape index (κ3) is 5.66. The molecule has 2 aliphatic carbocycles. The van der Waals surface area contributed by atoms with E-state index in [1.165, 1.54) is 64.2 Å². The van der Waals surface area contributed by atoms with Gasteiger partial charge in [-0.05, 0) is 56.3 Å². The number of hydrogen-bond donors (Lipinski definition) is 0. The van der Waals surface area contributed by atoms with Gasteiger partial charge in [-0.3, -0.25) is 0 Å². The Labute approximate surface area is 144 Å². The second kappa shape index (κ2) is 9.51. The molecule has 2 saturated carbocycles. The lowest BCUT2D eigenvalue weighted by molar-refractivity contribution is 0.175. The Morgan fingerprint density at radius 2 is 1.48 bits per heavy atom. The molecule has 0 unspecified atom stereocenters. The van der Waals surface area contributed by atoms with Crippen molar-refractivity contribution < 1.29 is 0 Å². The first-order chi connectivity index (χ1) is 11.2. The van der Waals surface area contributed by atoms with Crippen LogP contribution in [-0.2, 0) is 0 Å². The van der Waals surface area contributed by atoms with E-state index in [1.54, 1.807) is 0 Å². The van der Waals surface area contributed by atoms with Crippen LogP contribution < -0.4 is 0 Å². The third-order valence-corrected chi connectivity index (χ3v) is 6.77. The summed E-state index contributed by atoms with van der Waals surface area (Å²) in [5.74, 6) is 2.94. The van der Waals surface area contributed by atoms with Gasteiger partial charge in [-0.15, -0.1) is 6.58 Å². The lowest BCUT2D eigenvalue weighted by Gasteiger charge is -2.36.